The Hall–Kier alpha value is -3.78. The van der Waals surface area contributed by atoms with Crippen LogP contribution >= 0.6 is 0 Å². The summed E-state index contributed by atoms with van der Waals surface area (Å²) in [5, 5.41) is 2.89. The van der Waals surface area contributed by atoms with Crippen LogP contribution < -0.4 is 10.1 Å². The average molecular weight is 370 g/mol. The molecule has 2 heterocycles. The molecule has 1 aliphatic heterocycles. The summed E-state index contributed by atoms with van der Waals surface area (Å²) < 4.78 is 10.8. The lowest BCUT2D eigenvalue weighted by molar-refractivity contribution is 0.132. The SMILES string of the molecule is COc1cccc([C@H]2OC(=O)N[C@@H]2c2cccc(C#Cc3ccccn3)c2)c1. The third kappa shape index (κ3) is 3.81. The van der Waals surface area contributed by atoms with Crippen LogP contribution in [0.4, 0.5) is 4.79 Å². The number of amides is 1. The largest absolute Gasteiger partial charge is 0.497 e. The lowest BCUT2D eigenvalue weighted by atomic mass is 9.95. The molecule has 0 bridgehead atoms. The van der Waals surface area contributed by atoms with Crippen LogP contribution in [0, 0.1) is 11.8 Å². The fourth-order valence-electron chi connectivity index (χ4n) is 3.14. The number of carbonyl (C=O) groups excluding carboxylic acids is 1. The van der Waals surface area contributed by atoms with Gasteiger partial charge in [0, 0.05) is 11.8 Å². The Kier molecular flexibility index (Phi) is 4.94. The van der Waals surface area contributed by atoms with Gasteiger partial charge in [-0.2, -0.15) is 0 Å². The van der Waals surface area contributed by atoms with Crippen LogP contribution in [0.1, 0.15) is 34.5 Å². The van der Waals surface area contributed by atoms with Crippen molar-refractivity contribution in [2.75, 3.05) is 7.11 Å². The molecule has 0 aliphatic carbocycles. The second kappa shape index (κ2) is 7.85. The van der Waals surface area contributed by atoms with Gasteiger partial charge in [0.2, 0.25) is 0 Å². The molecule has 4 rings (SSSR count). The minimum atomic E-state index is -0.443. The number of carbonyl (C=O) groups is 1. The lowest BCUT2D eigenvalue weighted by Gasteiger charge is -2.18. The zero-order valence-corrected chi connectivity index (χ0v) is 15.3. The van der Waals surface area contributed by atoms with Gasteiger partial charge in [0.1, 0.15) is 11.4 Å². The van der Waals surface area contributed by atoms with Crippen molar-refractivity contribution in [1.82, 2.24) is 10.3 Å². The number of cyclic esters (lactones) is 1. The second-order valence-corrected chi connectivity index (χ2v) is 6.31. The third-order valence-electron chi connectivity index (χ3n) is 4.48. The number of methoxy groups -OCH3 is 1. The predicted molar refractivity (Wildman–Crippen MR) is 105 cm³/mol. The normalized spacial score (nSPS) is 17.8. The molecule has 5 nitrogen and oxygen atoms in total. The highest BCUT2D eigenvalue weighted by Gasteiger charge is 2.36. The molecule has 2 atom stereocenters. The highest BCUT2D eigenvalue weighted by atomic mass is 16.6. The molecule has 2 aromatic carbocycles. The summed E-state index contributed by atoms with van der Waals surface area (Å²) in [5.74, 6) is 6.89. The zero-order chi connectivity index (χ0) is 19.3. The second-order valence-electron chi connectivity index (χ2n) is 6.31. The number of aromatic nitrogens is 1. The molecule has 1 aliphatic rings. The van der Waals surface area contributed by atoms with Gasteiger partial charge in [0.15, 0.2) is 6.10 Å². The van der Waals surface area contributed by atoms with Crippen LogP contribution in [0.5, 0.6) is 5.75 Å². The van der Waals surface area contributed by atoms with Crippen molar-refractivity contribution in [2.45, 2.75) is 12.1 Å². The standard InChI is InChI=1S/C23H18N2O3/c1-27-20-10-5-8-18(15-20)22-21(25-23(26)28-22)17-7-4-6-16(14-17)11-12-19-9-2-3-13-24-19/h2-10,13-15,21-22H,1H3,(H,25,26)/t21-,22-/m1/s1. The summed E-state index contributed by atoms with van der Waals surface area (Å²) in [6.07, 6.45) is 0.828. The van der Waals surface area contributed by atoms with Crippen LogP contribution in [0.3, 0.4) is 0 Å². The van der Waals surface area contributed by atoms with E-state index in [0.29, 0.717) is 11.4 Å². The fourth-order valence-corrected chi connectivity index (χ4v) is 3.14. The van der Waals surface area contributed by atoms with E-state index >= 15 is 0 Å². The van der Waals surface area contributed by atoms with E-state index in [4.69, 9.17) is 9.47 Å². The molecule has 0 unspecified atom stereocenters. The minimum absolute atomic E-state index is 0.309. The van der Waals surface area contributed by atoms with Crippen molar-refractivity contribution >= 4 is 6.09 Å². The minimum Gasteiger partial charge on any atom is -0.497 e. The van der Waals surface area contributed by atoms with Crippen LogP contribution in [0.25, 0.3) is 0 Å². The maximum Gasteiger partial charge on any atom is 0.408 e. The molecule has 28 heavy (non-hydrogen) atoms. The van der Waals surface area contributed by atoms with Crippen LogP contribution in [-0.4, -0.2) is 18.2 Å². The fraction of sp³-hybridized carbons (Fsp3) is 0.130. The van der Waals surface area contributed by atoms with Gasteiger partial charge >= 0.3 is 6.09 Å². The molecule has 1 fully saturated rings. The van der Waals surface area contributed by atoms with Crippen molar-refractivity contribution in [2.24, 2.45) is 0 Å². The number of rotatable bonds is 3. The van der Waals surface area contributed by atoms with Crippen LogP contribution in [-0.2, 0) is 4.74 Å². The van der Waals surface area contributed by atoms with Gasteiger partial charge in [-0.25, -0.2) is 9.78 Å². The van der Waals surface area contributed by atoms with E-state index in [-0.39, 0.29) is 6.04 Å². The zero-order valence-electron chi connectivity index (χ0n) is 15.3. The Bertz CT molecular complexity index is 1050. The summed E-state index contributed by atoms with van der Waals surface area (Å²) in [6.45, 7) is 0. The lowest BCUT2D eigenvalue weighted by Crippen LogP contribution is -2.19. The molecule has 0 spiro atoms. The molecule has 1 N–H and O–H groups in total. The van der Waals surface area contributed by atoms with Crippen LogP contribution in [0.2, 0.25) is 0 Å². The molecule has 0 saturated carbocycles. The molecule has 1 saturated heterocycles. The molecule has 5 heteroatoms. The Labute approximate surface area is 163 Å². The summed E-state index contributed by atoms with van der Waals surface area (Å²) in [4.78, 5) is 16.2. The quantitative estimate of drug-likeness (QED) is 0.708. The number of pyridine rings is 1. The summed E-state index contributed by atoms with van der Waals surface area (Å²) in [7, 11) is 1.61. The number of alkyl carbamates (subject to hydrolysis) is 1. The van der Waals surface area contributed by atoms with E-state index in [0.717, 1.165) is 16.7 Å². The van der Waals surface area contributed by atoms with Gasteiger partial charge in [0.25, 0.3) is 0 Å². The monoisotopic (exact) mass is 370 g/mol. The van der Waals surface area contributed by atoms with Gasteiger partial charge in [-0.15, -0.1) is 0 Å². The molecule has 3 aromatic rings. The number of nitrogens with zero attached hydrogens (tertiary/aromatic N) is 1. The van der Waals surface area contributed by atoms with Crippen molar-refractivity contribution in [3.8, 4) is 17.6 Å². The van der Waals surface area contributed by atoms with E-state index in [1.807, 2.05) is 66.7 Å². The Morgan fingerprint density at radius 2 is 1.86 bits per heavy atom. The van der Waals surface area contributed by atoms with E-state index < -0.39 is 12.2 Å². The molecule has 1 aromatic heterocycles. The van der Waals surface area contributed by atoms with Crippen molar-refractivity contribution in [3.63, 3.8) is 0 Å². The van der Waals surface area contributed by atoms with Gasteiger partial charge in [-0.3, -0.25) is 0 Å². The van der Waals surface area contributed by atoms with Gasteiger partial charge in [-0.1, -0.05) is 36.3 Å². The number of hydrogen-bond donors (Lipinski definition) is 1. The Morgan fingerprint density at radius 1 is 1.00 bits per heavy atom. The highest BCUT2D eigenvalue weighted by Crippen LogP contribution is 2.37. The average Bonchev–Trinajstić information content (AvgIpc) is 3.15. The van der Waals surface area contributed by atoms with E-state index in [1.54, 1.807) is 13.3 Å². The summed E-state index contributed by atoms with van der Waals surface area (Å²) in [6, 6.07) is 20.6. The first-order chi connectivity index (χ1) is 13.7. The van der Waals surface area contributed by atoms with Gasteiger partial charge < -0.3 is 14.8 Å². The smallest absolute Gasteiger partial charge is 0.408 e. The van der Waals surface area contributed by atoms with Crippen LogP contribution in [0.15, 0.2) is 72.9 Å². The highest BCUT2D eigenvalue weighted by molar-refractivity contribution is 5.71. The number of nitrogens with one attached hydrogen (secondary N) is 1. The predicted octanol–water partition coefficient (Wildman–Crippen LogP) is 4.01. The number of ether oxygens (including phenoxy) is 2. The first-order valence-electron chi connectivity index (χ1n) is 8.87. The Balaban J connectivity index is 1.64. The van der Waals surface area contributed by atoms with Crippen molar-refractivity contribution in [1.29, 1.82) is 0 Å². The van der Waals surface area contributed by atoms with E-state index in [2.05, 4.69) is 22.1 Å². The molecule has 0 radical (unpaired) electrons. The van der Waals surface area contributed by atoms with E-state index in [1.165, 1.54) is 0 Å². The maximum atomic E-state index is 12.0. The Morgan fingerprint density at radius 3 is 2.68 bits per heavy atom. The number of benzene rings is 2. The molecular formula is C23H18N2O3. The van der Waals surface area contributed by atoms with Crippen molar-refractivity contribution < 1.29 is 14.3 Å². The first-order valence-corrected chi connectivity index (χ1v) is 8.87. The first kappa shape index (κ1) is 17.6. The molecule has 1 amide bonds. The van der Waals surface area contributed by atoms with Gasteiger partial charge in [0.05, 0.1) is 13.2 Å². The topological polar surface area (TPSA) is 60.5 Å². The van der Waals surface area contributed by atoms with Gasteiger partial charge in [-0.05, 0) is 53.4 Å². The van der Waals surface area contributed by atoms with E-state index in [9.17, 15) is 4.79 Å². The van der Waals surface area contributed by atoms with Crippen molar-refractivity contribution in [3.05, 3.63) is 95.3 Å². The third-order valence-corrected chi connectivity index (χ3v) is 4.48. The molecular weight excluding hydrogens is 352 g/mol. The number of hydrogen-bond acceptors (Lipinski definition) is 4. The molecule has 138 valence electrons. The summed E-state index contributed by atoms with van der Waals surface area (Å²) in [5.41, 5.74) is 3.34. The summed E-state index contributed by atoms with van der Waals surface area (Å²) >= 11 is 0. The maximum absolute atomic E-state index is 12.0.